The van der Waals surface area contributed by atoms with Crippen molar-refractivity contribution in [2.45, 2.75) is 13.0 Å². The van der Waals surface area contributed by atoms with Crippen LogP contribution in [0, 0.1) is 11.6 Å². The van der Waals surface area contributed by atoms with E-state index in [-0.39, 0.29) is 11.6 Å². The Balaban J connectivity index is 1.61. The number of halogens is 2. The largest absolute Gasteiger partial charge is 0.449 e. The number of rotatable bonds is 5. The number of carbonyl (C=O) groups is 2. The van der Waals surface area contributed by atoms with Gasteiger partial charge in [0.25, 0.3) is 5.91 Å². The van der Waals surface area contributed by atoms with E-state index >= 15 is 0 Å². The SMILES string of the molecule is CC(OC(=O)c1ccc(-c2ccc(F)cc2)o1)C(=O)Nc1ccc(F)cc1. The lowest BCUT2D eigenvalue weighted by Gasteiger charge is -2.12. The van der Waals surface area contributed by atoms with Crippen LogP contribution in [0.4, 0.5) is 14.5 Å². The molecule has 1 atom stereocenters. The minimum atomic E-state index is -1.10. The van der Waals surface area contributed by atoms with E-state index in [1.54, 1.807) is 6.07 Å². The van der Waals surface area contributed by atoms with Gasteiger partial charge in [0.15, 0.2) is 6.10 Å². The molecule has 5 nitrogen and oxygen atoms in total. The summed E-state index contributed by atoms with van der Waals surface area (Å²) in [6.45, 7) is 1.40. The highest BCUT2D eigenvalue weighted by molar-refractivity contribution is 5.96. The summed E-state index contributed by atoms with van der Waals surface area (Å²) in [5, 5.41) is 2.51. The first-order valence-corrected chi connectivity index (χ1v) is 8.05. The zero-order chi connectivity index (χ0) is 19.4. The standard InChI is InChI=1S/C20H15F2NO4/c1-12(19(24)23-16-8-6-15(22)7-9-16)26-20(25)18-11-10-17(27-18)13-2-4-14(21)5-3-13/h2-12H,1H3,(H,23,24). The number of hydrogen-bond donors (Lipinski definition) is 1. The molecule has 0 spiro atoms. The van der Waals surface area contributed by atoms with E-state index in [2.05, 4.69) is 5.32 Å². The molecular formula is C20H15F2NO4. The predicted molar refractivity (Wildman–Crippen MR) is 94.0 cm³/mol. The monoisotopic (exact) mass is 371 g/mol. The Morgan fingerprint density at radius 1 is 0.926 bits per heavy atom. The summed E-state index contributed by atoms with van der Waals surface area (Å²) in [6.07, 6.45) is -1.10. The lowest BCUT2D eigenvalue weighted by atomic mass is 10.2. The van der Waals surface area contributed by atoms with Crippen LogP contribution in [0.3, 0.4) is 0 Å². The molecule has 138 valence electrons. The molecule has 1 unspecified atom stereocenters. The van der Waals surface area contributed by atoms with Crippen molar-refractivity contribution in [2.24, 2.45) is 0 Å². The molecule has 0 aliphatic heterocycles. The third-order valence-electron chi connectivity index (χ3n) is 3.70. The Hall–Kier alpha value is -3.48. The van der Waals surface area contributed by atoms with E-state index in [9.17, 15) is 18.4 Å². The summed E-state index contributed by atoms with van der Waals surface area (Å²) < 4.78 is 36.3. The van der Waals surface area contributed by atoms with Crippen LogP contribution < -0.4 is 5.32 Å². The van der Waals surface area contributed by atoms with E-state index in [1.165, 1.54) is 61.5 Å². The third kappa shape index (κ3) is 4.58. The quantitative estimate of drug-likeness (QED) is 0.675. The second kappa shape index (κ2) is 7.82. The number of furan rings is 1. The average Bonchev–Trinajstić information content (AvgIpc) is 3.14. The Bertz CT molecular complexity index is 949. The first kappa shape index (κ1) is 18.3. The van der Waals surface area contributed by atoms with Crippen LogP contribution in [0.15, 0.2) is 65.1 Å². The molecule has 27 heavy (non-hydrogen) atoms. The smallest absolute Gasteiger partial charge is 0.375 e. The van der Waals surface area contributed by atoms with Crippen LogP contribution in [0.5, 0.6) is 0 Å². The highest BCUT2D eigenvalue weighted by Gasteiger charge is 2.21. The average molecular weight is 371 g/mol. The second-order valence-corrected chi connectivity index (χ2v) is 5.71. The summed E-state index contributed by atoms with van der Waals surface area (Å²) in [7, 11) is 0. The lowest BCUT2D eigenvalue weighted by Crippen LogP contribution is -2.29. The van der Waals surface area contributed by atoms with Crippen molar-refractivity contribution in [1.82, 2.24) is 0 Å². The molecular weight excluding hydrogens is 356 g/mol. The maximum atomic E-state index is 13.0. The molecule has 0 bridgehead atoms. The zero-order valence-corrected chi connectivity index (χ0v) is 14.2. The van der Waals surface area contributed by atoms with Crippen LogP contribution >= 0.6 is 0 Å². The van der Waals surface area contributed by atoms with Crippen LogP contribution in [0.25, 0.3) is 11.3 Å². The summed E-state index contributed by atoms with van der Waals surface area (Å²) in [6, 6.07) is 13.7. The van der Waals surface area contributed by atoms with E-state index in [0.717, 1.165) is 0 Å². The molecule has 3 rings (SSSR count). The minimum absolute atomic E-state index is 0.0873. The van der Waals surface area contributed by atoms with Gasteiger partial charge in [-0.3, -0.25) is 4.79 Å². The fraction of sp³-hybridized carbons (Fsp3) is 0.100. The van der Waals surface area contributed by atoms with Crippen molar-refractivity contribution in [1.29, 1.82) is 0 Å². The van der Waals surface area contributed by atoms with Gasteiger partial charge < -0.3 is 14.5 Å². The van der Waals surface area contributed by atoms with Crippen molar-refractivity contribution in [3.63, 3.8) is 0 Å². The summed E-state index contributed by atoms with van der Waals surface area (Å²) >= 11 is 0. The maximum absolute atomic E-state index is 13.0. The lowest BCUT2D eigenvalue weighted by molar-refractivity contribution is -0.123. The van der Waals surface area contributed by atoms with Gasteiger partial charge in [0.05, 0.1) is 0 Å². The van der Waals surface area contributed by atoms with E-state index in [4.69, 9.17) is 9.15 Å². The van der Waals surface area contributed by atoms with Crippen molar-refractivity contribution >= 4 is 17.6 Å². The van der Waals surface area contributed by atoms with Crippen molar-refractivity contribution < 1.29 is 27.5 Å². The maximum Gasteiger partial charge on any atom is 0.375 e. The second-order valence-electron chi connectivity index (χ2n) is 5.71. The van der Waals surface area contributed by atoms with Crippen LogP contribution in [0.1, 0.15) is 17.5 Å². The Labute approximate surface area is 153 Å². The van der Waals surface area contributed by atoms with Gasteiger partial charge in [0.2, 0.25) is 5.76 Å². The van der Waals surface area contributed by atoms with Gasteiger partial charge in [0.1, 0.15) is 17.4 Å². The molecule has 1 N–H and O–H groups in total. The molecule has 0 aliphatic rings. The topological polar surface area (TPSA) is 68.5 Å². The van der Waals surface area contributed by atoms with E-state index in [0.29, 0.717) is 17.0 Å². The zero-order valence-electron chi connectivity index (χ0n) is 14.2. The highest BCUT2D eigenvalue weighted by atomic mass is 19.1. The van der Waals surface area contributed by atoms with E-state index < -0.39 is 23.8 Å². The van der Waals surface area contributed by atoms with Gasteiger partial charge >= 0.3 is 5.97 Å². The molecule has 1 amide bonds. The first-order valence-electron chi connectivity index (χ1n) is 8.05. The van der Waals surface area contributed by atoms with Crippen LogP contribution in [-0.4, -0.2) is 18.0 Å². The fourth-order valence-electron chi connectivity index (χ4n) is 2.27. The number of amides is 1. The Morgan fingerprint density at radius 2 is 1.52 bits per heavy atom. The summed E-state index contributed by atoms with van der Waals surface area (Å²) in [5.41, 5.74) is 0.971. The summed E-state index contributed by atoms with van der Waals surface area (Å²) in [4.78, 5) is 24.2. The molecule has 1 aromatic heterocycles. The minimum Gasteiger partial charge on any atom is -0.449 e. The molecule has 0 saturated carbocycles. The predicted octanol–water partition coefficient (Wildman–Crippen LogP) is 4.41. The number of anilines is 1. The molecule has 0 fully saturated rings. The van der Waals surface area contributed by atoms with Crippen LogP contribution in [0.2, 0.25) is 0 Å². The molecule has 2 aromatic carbocycles. The molecule has 3 aromatic rings. The normalized spacial score (nSPS) is 11.7. The van der Waals surface area contributed by atoms with Crippen molar-refractivity contribution in [3.8, 4) is 11.3 Å². The van der Waals surface area contributed by atoms with Gasteiger partial charge in [-0.1, -0.05) is 0 Å². The van der Waals surface area contributed by atoms with Gasteiger partial charge in [-0.05, 0) is 67.6 Å². The van der Waals surface area contributed by atoms with E-state index in [1.807, 2.05) is 0 Å². The summed E-state index contributed by atoms with van der Waals surface area (Å²) in [5.74, 6) is -1.92. The van der Waals surface area contributed by atoms with Gasteiger partial charge in [-0.2, -0.15) is 0 Å². The fourth-order valence-corrected chi connectivity index (χ4v) is 2.27. The van der Waals surface area contributed by atoms with Crippen LogP contribution in [-0.2, 0) is 9.53 Å². The molecule has 0 radical (unpaired) electrons. The Kier molecular flexibility index (Phi) is 5.30. The number of nitrogens with one attached hydrogen (secondary N) is 1. The first-order chi connectivity index (χ1) is 12.9. The number of benzene rings is 2. The van der Waals surface area contributed by atoms with Gasteiger partial charge in [-0.25, -0.2) is 13.6 Å². The third-order valence-corrected chi connectivity index (χ3v) is 3.70. The van der Waals surface area contributed by atoms with Gasteiger partial charge in [0, 0.05) is 11.3 Å². The number of hydrogen-bond acceptors (Lipinski definition) is 4. The molecule has 1 heterocycles. The molecule has 7 heteroatoms. The highest BCUT2D eigenvalue weighted by Crippen LogP contribution is 2.23. The van der Waals surface area contributed by atoms with Crippen molar-refractivity contribution in [3.05, 3.63) is 78.1 Å². The number of esters is 1. The molecule has 0 aliphatic carbocycles. The number of carbonyl (C=O) groups excluding carboxylic acids is 2. The van der Waals surface area contributed by atoms with Crippen molar-refractivity contribution in [2.75, 3.05) is 5.32 Å². The molecule has 0 saturated heterocycles. The number of ether oxygens (including phenoxy) is 1. The Morgan fingerprint density at radius 3 is 2.15 bits per heavy atom. The van der Waals surface area contributed by atoms with Gasteiger partial charge in [-0.15, -0.1) is 0 Å².